The van der Waals surface area contributed by atoms with Crippen molar-refractivity contribution < 1.29 is 25.2 Å². The molecule has 3 rings (SSSR count). The summed E-state index contributed by atoms with van der Waals surface area (Å²) in [5.74, 6) is 0. The van der Waals surface area contributed by atoms with E-state index in [0.29, 0.717) is 23.1 Å². The number of aromatic amines is 1. The number of rotatable bonds is 8. The lowest BCUT2D eigenvalue weighted by molar-refractivity contribution is -0.117. The number of carbonyl (C=O) groups is 1. The van der Waals surface area contributed by atoms with Gasteiger partial charge in [-0.25, -0.2) is 0 Å². The lowest BCUT2D eigenvalue weighted by Crippen LogP contribution is -2.49. The number of aldehydes is 1. The molecule has 0 bridgehead atoms. The first kappa shape index (κ1) is 20.2. The Morgan fingerprint density at radius 2 is 1.93 bits per heavy atom. The highest BCUT2D eigenvalue weighted by molar-refractivity contribution is 7.13. The maximum atomic E-state index is 12.4. The van der Waals surface area contributed by atoms with Gasteiger partial charge < -0.3 is 35.5 Å². The van der Waals surface area contributed by atoms with Crippen LogP contribution >= 0.6 is 11.3 Å². The van der Waals surface area contributed by atoms with Crippen LogP contribution in [0.4, 0.5) is 5.69 Å². The van der Waals surface area contributed by atoms with Gasteiger partial charge in [-0.05, 0) is 35.0 Å². The van der Waals surface area contributed by atoms with Crippen LogP contribution in [0.15, 0.2) is 46.6 Å². The lowest BCUT2D eigenvalue weighted by atomic mass is 10.0. The number of carbonyl (C=O) groups excluding carboxylic acids is 1. The zero-order chi connectivity index (χ0) is 20.3. The van der Waals surface area contributed by atoms with Crippen molar-refractivity contribution in [2.24, 2.45) is 0 Å². The van der Waals surface area contributed by atoms with E-state index in [9.17, 15) is 24.9 Å². The van der Waals surface area contributed by atoms with Gasteiger partial charge in [0.2, 0.25) is 0 Å². The SMILES string of the molecule is O=C[C@@H](Nc1ccc2cc(-c3cccs3)c(=O)[nH]c2c1)[C@H](O)[C@@H](O)[C@@H](O)CO. The van der Waals surface area contributed by atoms with Gasteiger partial charge in [0.1, 0.15) is 30.6 Å². The Hall–Kier alpha value is -2.56. The third kappa shape index (κ3) is 4.13. The van der Waals surface area contributed by atoms with Crippen molar-refractivity contribution >= 4 is 34.2 Å². The van der Waals surface area contributed by atoms with Gasteiger partial charge in [0.25, 0.3) is 5.56 Å². The normalized spacial score (nSPS) is 15.7. The van der Waals surface area contributed by atoms with Gasteiger partial charge >= 0.3 is 0 Å². The fourth-order valence-corrected chi connectivity index (χ4v) is 3.59. The molecule has 0 saturated heterocycles. The molecule has 0 aliphatic rings. The third-order valence-corrected chi connectivity index (χ3v) is 5.31. The quantitative estimate of drug-likeness (QED) is 0.297. The fraction of sp³-hybridized carbons (Fsp3) is 0.263. The second-order valence-electron chi connectivity index (χ2n) is 6.33. The predicted octanol–water partition coefficient (Wildman–Crippen LogP) is 0.311. The molecular weight excluding hydrogens is 384 g/mol. The van der Waals surface area contributed by atoms with Gasteiger partial charge in [0.05, 0.1) is 17.7 Å². The number of H-pyrrole nitrogens is 1. The highest BCUT2D eigenvalue weighted by Gasteiger charge is 2.31. The molecule has 4 atom stereocenters. The largest absolute Gasteiger partial charge is 0.394 e. The maximum absolute atomic E-state index is 12.4. The number of anilines is 1. The number of aliphatic hydroxyl groups excluding tert-OH is 4. The summed E-state index contributed by atoms with van der Waals surface area (Å²) in [5, 5.41) is 43.6. The van der Waals surface area contributed by atoms with E-state index in [4.69, 9.17) is 5.11 Å². The molecule has 0 fully saturated rings. The van der Waals surface area contributed by atoms with Crippen LogP contribution in [0.25, 0.3) is 21.3 Å². The van der Waals surface area contributed by atoms with E-state index in [1.807, 2.05) is 17.5 Å². The molecule has 8 nitrogen and oxygen atoms in total. The fourth-order valence-electron chi connectivity index (χ4n) is 2.85. The topological polar surface area (TPSA) is 143 Å². The van der Waals surface area contributed by atoms with Crippen LogP contribution in [0, 0.1) is 0 Å². The zero-order valence-corrected chi connectivity index (χ0v) is 15.5. The number of nitrogens with one attached hydrogen (secondary N) is 2. The monoisotopic (exact) mass is 404 g/mol. The molecule has 2 aromatic heterocycles. The second-order valence-corrected chi connectivity index (χ2v) is 7.28. The van der Waals surface area contributed by atoms with Crippen molar-refractivity contribution in [3.8, 4) is 10.4 Å². The minimum atomic E-state index is -1.71. The standard InChI is InChI=1S/C19H20N2O6S/c22-8-14(17(25)18(26)15(24)9-23)20-11-4-3-10-6-12(16-2-1-5-28-16)19(27)21-13(10)7-11/h1-8,14-15,17-18,20,23-26H,9H2,(H,21,27)/t14-,15+,17+,18+/m1/s1. The molecule has 0 amide bonds. The average molecular weight is 404 g/mol. The van der Waals surface area contributed by atoms with E-state index in [-0.39, 0.29) is 5.56 Å². The van der Waals surface area contributed by atoms with E-state index in [0.717, 1.165) is 10.3 Å². The number of pyridine rings is 1. The molecule has 0 aliphatic carbocycles. The van der Waals surface area contributed by atoms with E-state index < -0.39 is 31.0 Å². The Labute approximate surface area is 163 Å². The molecule has 3 aromatic rings. The van der Waals surface area contributed by atoms with Crippen LogP contribution in [0.1, 0.15) is 0 Å². The molecule has 0 unspecified atom stereocenters. The molecule has 9 heteroatoms. The smallest absolute Gasteiger partial charge is 0.257 e. The lowest BCUT2D eigenvalue weighted by Gasteiger charge is -2.26. The maximum Gasteiger partial charge on any atom is 0.257 e. The Morgan fingerprint density at radius 1 is 1.14 bits per heavy atom. The van der Waals surface area contributed by atoms with Crippen LogP contribution in [0.3, 0.4) is 0 Å². The van der Waals surface area contributed by atoms with Gasteiger partial charge in [-0.15, -0.1) is 11.3 Å². The Kier molecular flexibility index (Phi) is 6.22. The summed E-state index contributed by atoms with van der Waals surface area (Å²) >= 11 is 1.46. The second kappa shape index (κ2) is 8.63. The van der Waals surface area contributed by atoms with Crippen molar-refractivity contribution in [3.05, 3.63) is 52.1 Å². The summed E-state index contributed by atoms with van der Waals surface area (Å²) in [4.78, 5) is 27.4. The van der Waals surface area contributed by atoms with Crippen molar-refractivity contribution in [2.45, 2.75) is 24.4 Å². The van der Waals surface area contributed by atoms with E-state index in [1.54, 1.807) is 24.3 Å². The van der Waals surface area contributed by atoms with Gasteiger partial charge in [-0.2, -0.15) is 0 Å². The highest BCUT2D eigenvalue weighted by atomic mass is 32.1. The first-order chi connectivity index (χ1) is 13.4. The van der Waals surface area contributed by atoms with Crippen LogP contribution in [-0.4, -0.2) is 62.7 Å². The molecule has 28 heavy (non-hydrogen) atoms. The number of aromatic nitrogens is 1. The van der Waals surface area contributed by atoms with E-state index >= 15 is 0 Å². The Bertz CT molecular complexity index is 1000. The molecule has 6 N–H and O–H groups in total. The number of benzene rings is 1. The number of thiophene rings is 1. The molecule has 148 valence electrons. The van der Waals surface area contributed by atoms with Crippen molar-refractivity contribution in [2.75, 3.05) is 11.9 Å². The molecular formula is C19H20N2O6S. The summed E-state index contributed by atoms with van der Waals surface area (Å²) in [7, 11) is 0. The van der Waals surface area contributed by atoms with Gasteiger partial charge in [0, 0.05) is 10.6 Å². The minimum Gasteiger partial charge on any atom is -0.394 e. The van der Waals surface area contributed by atoms with Crippen molar-refractivity contribution in [1.82, 2.24) is 4.98 Å². The Morgan fingerprint density at radius 3 is 2.57 bits per heavy atom. The summed E-state index contributed by atoms with van der Waals surface area (Å²) in [6.07, 6.45) is -4.54. The highest BCUT2D eigenvalue weighted by Crippen LogP contribution is 2.25. The Balaban J connectivity index is 1.86. The number of hydrogen-bond donors (Lipinski definition) is 6. The number of aliphatic hydroxyl groups is 4. The van der Waals surface area contributed by atoms with Crippen LogP contribution in [0.2, 0.25) is 0 Å². The average Bonchev–Trinajstić information content (AvgIpc) is 3.24. The van der Waals surface area contributed by atoms with Gasteiger partial charge in [0.15, 0.2) is 0 Å². The first-order valence-electron chi connectivity index (χ1n) is 8.52. The summed E-state index contributed by atoms with van der Waals surface area (Å²) in [6.45, 7) is -0.756. The van der Waals surface area contributed by atoms with Crippen molar-refractivity contribution in [1.29, 1.82) is 0 Å². The number of hydrogen-bond acceptors (Lipinski definition) is 8. The number of fused-ring (bicyclic) bond motifs is 1. The molecule has 2 heterocycles. The van der Waals surface area contributed by atoms with Gasteiger partial charge in [-0.3, -0.25) is 4.79 Å². The molecule has 0 aliphatic heterocycles. The minimum absolute atomic E-state index is 0.249. The molecule has 0 spiro atoms. The summed E-state index contributed by atoms with van der Waals surface area (Å²) in [5.41, 5.74) is 1.27. The first-order valence-corrected chi connectivity index (χ1v) is 9.40. The molecule has 0 saturated carbocycles. The van der Waals surface area contributed by atoms with E-state index in [2.05, 4.69) is 10.3 Å². The van der Waals surface area contributed by atoms with Crippen LogP contribution < -0.4 is 10.9 Å². The summed E-state index contributed by atoms with van der Waals surface area (Å²) < 4.78 is 0. The summed E-state index contributed by atoms with van der Waals surface area (Å²) in [6, 6.07) is 9.29. The van der Waals surface area contributed by atoms with Crippen LogP contribution in [0.5, 0.6) is 0 Å². The molecule has 1 aromatic carbocycles. The molecule has 0 radical (unpaired) electrons. The predicted molar refractivity (Wildman–Crippen MR) is 106 cm³/mol. The zero-order valence-electron chi connectivity index (χ0n) is 14.6. The third-order valence-electron chi connectivity index (χ3n) is 4.41. The van der Waals surface area contributed by atoms with Gasteiger partial charge in [-0.1, -0.05) is 12.1 Å². The van der Waals surface area contributed by atoms with Crippen LogP contribution in [-0.2, 0) is 4.79 Å². The van der Waals surface area contributed by atoms with Crippen molar-refractivity contribution in [3.63, 3.8) is 0 Å². The van der Waals surface area contributed by atoms with E-state index in [1.165, 1.54) is 11.3 Å².